The number of aryl methyl sites for hydroxylation is 1. The van der Waals surface area contributed by atoms with Crippen LogP contribution in [-0.4, -0.2) is 31.7 Å². The first kappa shape index (κ1) is 20.3. The zero-order valence-corrected chi connectivity index (χ0v) is 16.5. The quantitative estimate of drug-likeness (QED) is 0.567. The summed E-state index contributed by atoms with van der Waals surface area (Å²) in [6, 6.07) is 6.39. The van der Waals surface area contributed by atoms with Gasteiger partial charge in [-0.3, -0.25) is 4.79 Å². The number of nitriles is 1. The van der Waals surface area contributed by atoms with Crippen LogP contribution >= 0.6 is 0 Å². The van der Waals surface area contributed by atoms with Crippen LogP contribution in [0.1, 0.15) is 36.6 Å². The summed E-state index contributed by atoms with van der Waals surface area (Å²) >= 11 is 0. The van der Waals surface area contributed by atoms with E-state index in [1.165, 1.54) is 23.3 Å². The molecule has 1 unspecified atom stereocenters. The molecular weight excluding hydrogens is 402 g/mol. The lowest BCUT2D eigenvalue weighted by Crippen LogP contribution is -2.28. The number of benzene rings is 1. The molecule has 0 fully saturated rings. The van der Waals surface area contributed by atoms with Crippen molar-refractivity contribution >= 4 is 23.3 Å². The van der Waals surface area contributed by atoms with Crippen molar-refractivity contribution in [1.82, 2.24) is 19.5 Å². The Kier molecular flexibility index (Phi) is 5.54. The molecule has 4 rings (SSSR count). The molecule has 7 nitrogen and oxygen atoms in total. The van der Waals surface area contributed by atoms with E-state index >= 15 is 0 Å². The monoisotopic (exact) mass is 420 g/mol. The van der Waals surface area contributed by atoms with E-state index in [2.05, 4.69) is 21.6 Å². The smallest absolute Gasteiger partial charge is 0.269 e. The number of hydrogen-bond donors (Lipinski definition) is 0. The molecule has 0 N–H and O–H groups in total. The normalized spacial score (nSPS) is 15.4. The Labute approximate surface area is 176 Å². The van der Waals surface area contributed by atoms with Crippen LogP contribution in [0.25, 0.3) is 11.2 Å². The fraction of sp³-hybridized carbons (Fsp3) is 0.227. The van der Waals surface area contributed by atoms with E-state index in [-0.39, 0.29) is 11.6 Å². The molecule has 0 saturated heterocycles. The maximum atomic E-state index is 13.6. The van der Waals surface area contributed by atoms with E-state index in [0.717, 1.165) is 6.07 Å². The minimum absolute atomic E-state index is 0.253. The molecule has 0 aliphatic carbocycles. The van der Waals surface area contributed by atoms with Crippen molar-refractivity contribution in [1.29, 1.82) is 5.26 Å². The highest BCUT2D eigenvalue weighted by Crippen LogP contribution is 2.31. The van der Waals surface area contributed by atoms with Crippen molar-refractivity contribution in [2.75, 3.05) is 0 Å². The van der Waals surface area contributed by atoms with Crippen LogP contribution in [-0.2, 0) is 11.3 Å². The molecule has 3 aromatic rings. The average molecular weight is 420 g/mol. The van der Waals surface area contributed by atoms with E-state index in [0.29, 0.717) is 48.1 Å². The average Bonchev–Trinajstić information content (AvgIpc) is 3.39. The predicted octanol–water partition coefficient (Wildman–Crippen LogP) is 3.88. The molecule has 0 saturated carbocycles. The second kappa shape index (κ2) is 8.44. The Morgan fingerprint density at radius 3 is 2.81 bits per heavy atom. The summed E-state index contributed by atoms with van der Waals surface area (Å²) in [7, 11) is 0. The molecule has 1 aromatic carbocycles. The number of amides is 1. The zero-order chi connectivity index (χ0) is 22.0. The van der Waals surface area contributed by atoms with Gasteiger partial charge in [0, 0.05) is 37.0 Å². The van der Waals surface area contributed by atoms with Crippen LogP contribution in [0.15, 0.2) is 53.9 Å². The van der Waals surface area contributed by atoms with Gasteiger partial charge in [0.05, 0.1) is 12.2 Å². The molecule has 0 radical (unpaired) electrons. The molecular formula is C22H18F2N6O. The summed E-state index contributed by atoms with van der Waals surface area (Å²) in [4.78, 5) is 21.3. The maximum Gasteiger partial charge on any atom is 0.269 e. The summed E-state index contributed by atoms with van der Waals surface area (Å²) in [5.41, 5.74) is 2.25. The van der Waals surface area contributed by atoms with Crippen molar-refractivity contribution in [3.63, 3.8) is 0 Å². The molecule has 1 amide bonds. The van der Waals surface area contributed by atoms with Crippen molar-refractivity contribution in [3.05, 3.63) is 71.7 Å². The molecule has 0 bridgehead atoms. The number of rotatable bonds is 6. The molecule has 2 aromatic heterocycles. The molecule has 0 spiro atoms. The highest BCUT2D eigenvalue weighted by molar-refractivity contribution is 5.94. The lowest BCUT2D eigenvalue weighted by atomic mass is 10.0. The van der Waals surface area contributed by atoms with Gasteiger partial charge in [0.25, 0.3) is 5.91 Å². The van der Waals surface area contributed by atoms with Gasteiger partial charge >= 0.3 is 0 Å². The second-order valence-corrected chi connectivity index (χ2v) is 7.19. The van der Waals surface area contributed by atoms with Crippen LogP contribution in [0, 0.1) is 23.0 Å². The predicted molar refractivity (Wildman–Crippen MR) is 110 cm³/mol. The lowest BCUT2D eigenvalue weighted by Gasteiger charge is -2.23. The van der Waals surface area contributed by atoms with Crippen molar-refractivity contribution in [3.8, 4) is 6.07 Å². The van der Waals surface area contributed by atoms with Gasteiger partial charge in [0.15, 0.2) is 11.3 Å². The molecule has 3 heterocycles. The molecule has 1 aliphatic heterocycles. The van der Waals surface area contributed by atoms with Gasteiger partial charge < -0.3 is 4.57 Å². The number of fused-ring (bicyclic) bond motifs is 1. The van der Waals surface area contributed by atoms with Gasteiger partial charge in [-0.05, 0) is 36.6 Å². The fourth-order valence-electron chi connectivity index (χ4n) is 3.58. The minimum atomic E-state index is -0.697. The van der Waals surface area contributed by atoms with Crippen molar-refractivity contribution < 1.29 is 13.6 Å². The highest BCUT2D eigenvalue weighted by atomic mass is 19.1. The van der Waals surface area contributed by atoms with Crippen LogP contribution in [0.2, 0.25) is 0 Å². The molecule has 1 atom stereocenters. The van der Waals surface area contributed by atoms with E-state index in [1.807, 2.05) is 16.8 Å². The lowest BCUT2D eigenvalue weighted by molar-refractivity contribution is -0.129. The summed E-state index contributed by atoms with van der Waals surface area (Å²) in [5.74, 6) is -1.77. The summed E-state index contributed by atoms with van der Waals surface area (Å²) in [6.07, 6.45) is 6.21. The first-order chi connectivity index (χ1) is 15.0. The van der Waals surface area contributed by atoms with Gasteiger partial charge in [-0.15, -0.1) is 0 Å². The van der Waals surface area contributed by atoms with Gasteiger partial charge in [-0.2, -0.15) is 10.4 Å². The van der Waals surface area contributed by atoms with Crippen LogP contribution < -0.4 is 0 Å². The third-order valence-corrected chi connectivity index (χ3v) is 5.07. The van der Waals surface area contributed by atoms with Gasteiger partial charge in [-0.1, -0.05) is 6.58 Å². The van der Waals surface area contributed by atoms with E-state index < -0.39 is 17.7 Å². The Bertz CT molecular complexity index is 1220. The Morgan fingerprint density at radius 2 is 2.06 bits per heavy atom. The largest absolute Gasteiger partial charge is 0.331 e. The molecule has 156 valence electrons. The number of halogens is 2. The SMILES string of the molecule is C=C(CCCn1ccc2nc(C#N)cnc21)C(=O)N1N=CCC1c1cc(F)cc(F)c1. The number of hydrazone groups is 1. The Balaban J connectivity index is 1.39. The number of nitrogens with zero attached hydrogens (tertiary/aromatic N) is 6. The van der Waals surface area contributed by atoms with Crippen LogP contribution in [0.5, 0.6) is 0 Å². The van der Waals surface area contributed by atoms with E-state index in [1.54, 1.807) is 12.3 Å². The zero-order valence-electron chi connectivity index (χ0n) is 16.5. The second-order valence-electron chi connectivity index (χ2n) is 7.19. The maximum absolute atomic E-state index is 13.6. The number of carbonyl (C=O) groups is 1. The van der Waals surface area contributed by atoms with Gasteiger partial charge in [0.1, 0.15) is 23.2 Å². The summed E-state index contributed by atoms with van der Waals surface area (Å²) < 4.78 is 29.1. The van der Waals surface area contributed by atoms with Gasteiger partial charge in [-0.25, -0.2) is 23.8 Å². The van der Waals surface area contributed by atoms with E-state index in [9.17, 15) is 13.6 Å². The Morgan fingerprint density at radius 1 is 1.29 bits per heavy atom. The van der Waals surface area contributed by atoms with E-state index in [4.69, 9.17) is 5.26 Å². The third kappa shape index (κ3) is 4.19. The number of aromatic nitrogens is 3. The van der Waals surface area contributed by atoms with Crippen molar-refractivity contribution in [2.45, 2.75) is 31.8 Å². The molecule has 9 heteroatoms. The van der Waals surface area contributed by atoms with Crippen LogP contribution in [0.3, 0.4) is 0 Å². The number of carbonyl (C=O) groups excluding carboxylic acids is 1. The van der Waals surface area contributed by atoms with Crippen LogP contribution in [0.4, 0.5) is 8.78 Å². The highest BCUT2D eigenvalue weighted by Gasteiger charge is 2.30. The Hall–Kier alpha value is -3.93. The molecule has 1 aliphatic rings. The first-order valence-corrected chi connectivity index (χ1v) is 9.68. The van der Waals surface area contributed by atoms with Gasteiger partial charge in [0.2, 0.25) is 0 Å². The van der Waals surface area contributed by atoms with Crippen molar-refractivity contribution in [2.24, 2.45) is 5.10 Å². The first-order valence-electron chi connectivity index (χ1n) is 9.68. The summed E-state index contributed by atoms with van der Waals surface area (Å²) in [5, 5.41) is 14.2. The minimum Gasteiger partial charge on any atom is -0.331 e. The topological polar surface area (TPSA) is 87.2 Å². The standard InChI is InChI=1S/C22H18F2N6O/c1-14(3-2-7-29-8-5-19-21(29)26-13-18(12-25)28-19)22(31)30-20(4-6-27-30)15-9-16(23)11-17(24)10-15/h5-6,8-11,13,20H,1-4,7H2. The fourth-order valence-corrected chi connectivity index (χ4v) is 3.58. The summed E-state index contributed by atoms with van der Waals surface area (Å²) in [6.45, 7) is 4.46. The molecule has 31 heavy (non-hydrogen) atoms. The third-order valence-electron chi connectivity index (χ3n) is 5.07. The number of hydrogen-bond acceptors (Lipinski definition) is 5.